The third kappa shape index (κ3) is 4.54. The predicted molar refractivity (Wildman–Crippen MR) is 110 cm³/mol. The lowest BCUT2D eigenvalue weighted by atomic mass is 10.1. The van der Waals surface area contributed by atoms with E-state index in [4.69, 9.17) is 4.74 Å². The maximum atomic E-state index is 12.3. The van der Waals surface area contributed by atoms with Crippen molar-refractivity contribution >= 4 is 45.3 Å². The second-order valence-electron chi connectivity index (χ2n) is 6.69. The summed E-state index contributed by atoms with van der Waals surface area (Å²) in [6.07, 6.45) is -0.185. The van der Waals surface area contributed by atoms with E-state index in [-0.39, 0.29) is 13.0 Å². The summed E-state index contributed by atoms with van der Waals surface area (Å²) in [5, 5.41) is 2.67. The normalized spacial score (nSPS) is 12.7. The van der Waals surface area contributed by atoms with Gasteiger partial charge in [0.1, 0.15) is 0 Å². The van der Waals surface area contributed by atoms with E-state index in [9.17, 15) is 19.2 Å². The molecule has 0 unspecified atom stereocenters. The van der Waals surface area contributed by atoms with Crippen molar-refractivity contribution < 1.29 is 23.9 Å². The highest BCUT2D eigenvalue weighted by molar-refractivity contribution is 9.10. The number of nitrogens with one attached hydrogen (secondary N) is 1. The molecule has 0 saturated heterocycles. The number of aryl methyl sites for hydroxylation is 2. The van der Waals surface area contributed by atoms with Crippen LogP contribution in [-0.2, 0) is 14.3 Å². The van der Waals surface area contributed by atoms with Crippen LogP contribution in [0.3, 0.4) is 0 Å². The van der Waals surface area contributed by atoms with Crippen molar-refractivity contribution in [1.29, 1.82) is 0 Å². The summed E-state index contributed by atoms with van der Waals surface area (Å²) in [7, 11) is 0. The first-order valence-corrected chi connectivity index (χ1v) is 9.74. The monoisotopic (exact) mass is 458 g/mol. The van der Waals surface area contributed by atoms with Crippen LogP contribution in [0.15, 0.2) is 40.9 Å². The molecule has 0 aromatic heterocycles. The molecule has 1 N–H and O–H groups in total. The van der Waals surface area contributed by atoms with Crippen LogP contribution in [0.25, 0.3) is 0 Å². The minimum Gasteiger partial charge on any atom is -0.456 e. The third-order valence-electron chi connectivity index (χ3n) is 4.50. The number of carbonyl (C=O) groups is 4. The van der Waals surface area contributed by atoms with Crippen molar-refractivity contribution in [2.24, 2.45) is 0 Å². The smallest absolute Gasteiger partial charge is 0.308 e. The summed E-state index contributed by atoms with van der Waals surface area (Å²) in [6, 6.07) is 10.1. The Hall–Kier alpha value is -3.00. The van der Waals surface area contributed by atoms with Crippen molar-refractivity contribution in [1.82, 2.24) is 4.90 Å². The van der Waals surface area contributed by atoms with Crippen LogP contribution in [0.2, 0.25) is 0 Å². The Labute approximate surface area is 176 Å². The number of anilines is 1. The second kappa shape index (κ2) is 8.57. The standard InChI is InChI=1S/C21H19BrN2O5/c1-12-9-14(10-13(2)19(12)22)23-17(25)11-29-18(26)7-8-24-20(27)15-5-3-4-6-16(15)21(24)28/h3-6,9-10H,7-8,11H2,1-2H3,(H,23,25). The minimum atomic E-state index is -0.667. The zero-order valence-electron chi connectivity index (χ0n) is 16.0. The molecule has 0 atom stereocenters. The highest BCUT2D eigenvalue weighted by Crippen LogP contribution is 2.25. The van der Waals surface area contributed by atoms with Gasteiger partial charge >= 0.3 is 5.97 Å². The molecular formula is C21H19BrN2O5. The van der Waals surface area contributed by atoms with Crippen LogP contribution in [0.1, 0.15) is 38.3 Å². The highest BCUT2D eigenvalue weighted by atomic mass is 79.9. The molecule has 0 saturated carbocycles. The molecule has 1 heterocycles. The van der Waals surface area contributed by atoms with Gasteiger partial charge in [0, 0.05) is 16.7 Å². The number of esters is 1. The van der Waals surface area contributed by atoms with Crippen LogP contribution in [0.5, 0.6) is 0 Å². The second-order valence-corrected chi connectivity index (χ2v) is 7.48. The van der Waals surface area contributed by atoms with E-state index in [1.807, 2.05) is 13.8 Å². The molecule has 0 radical (unpaired) electrons. The van der Waals surface area contributed by atoms with Crippen LogP contribution < -0.4 is 5.32 Å². The molecule has 1 aliphatic rings. The van der Waals surface area contributed by atoms with Gasteiger partial charge in [-0.25, -0.2) is 0 Å². The molecule has 2 aromatic carbocycles. The largest absolute Gasteiger partial charge is 0.456 e. The molecule has 150 valence electrons. The summed E-state index contributed by atoms with van der Waals surface area (Å²) >= 11 is 3.46. The molecule has 0 bridgehead atoms. The van der Waals surface area contributed by atoms with Crippen molar-refractivity contribution in [2.45, 2.75) is 20.3 Å². The maximum absolute atomic E-state index is 12.3. The summed E-state index contributed by atoms with van der Waals surface area (Å²) in [5.41, 5.74) is 3.20. The summed E-state index contributed by atoms with van der Waals surface area (Å²) in [4.78, 5) is 49.5. The molecule has 2 aromatic rings. The third-order valence-corrected chi connectivity index (χ3v) is 5.75. The van der Waals surface area contributed by atoms with Gasteiger partial charge in [-0.05, 0) is 49.2 Å². The number of hydrogen-bond acceptors (Lipinski definition) is 5. The first kappa shape index (κ1) is 20.7. The Bertz CT molecular complexity index is 960. The van der Waals surface area contributed by atoms with E-state index < -0.39 is 30.3 Å². The number of amides is 3. The number of nitrogens with zero attached hydrogens (tertiary/aromatic N) is 1. The number of hydrogen-bond donors (Lipinski definition) is 1. The number of fused-ring (bicyclic) bond motifs is 1. The van der Waals surface area contributed by atoms with Gasteiger partial charge in [-0.1, -0.05) is 28.1 Å². The minimum absolute atomic E-state index is 0.0993. The zero-order valence-corrected chi connectivity index (χ0v) is 17.5. The summed E-state index contributed by atoms with van der Waals surface area (Å²) in [6.45, 7) is 3.27. The Kier molecular flexibility index (Phi) is 6.12. The topological polar surface area (TPSA) is 92.8 Å². The Morgan fingerprint density at radius 1 is 1.03 bits per heavy atom. The number of rotatable bonds is 6. The quantitative estimate of drug-likeness (QED) is 0.529. The van der Waals surface area contributed by atoms with Gasteiger partial charge in [0.15, 0.2) is 6.61 Å². The van der Waals surface area contributed by atoms with Crippen molar-refractivity contribution in [3.63, 3.8) is 0 Å². The fourth-order valence-corrected chi connectivity index (χ4v) is 3.31. The highest BCUT2D eigenvalue weighted by Gasteiger charge is 2.35. The molecule has 3 rings (SSSR count). The van der Waals surface area contributed by atoms with Gasteiger partial charge < -0.3 is 10.1 Å². The Balaban J connectivity index is 1.48. The average Bonchev–Trinajstić information content (AvgIpc) is 2.93. The number of carbonyl (C=O) groups excluding carboxylic acids is 4. The summed E-state index contributed by atoms with van der Waals surface area (Å²) in [5.74, 6) is -2.01. The van der Waals surface area contributed by atoms with Gasteiger partial charge in [-0.15, -0.1) is 0 Å². The lowest BCUT2D eigenvalue weighted by Gasteiger charge is -2.13. The first-order chi connectivity index (χ1) is 13.8. The van der Waals surface area contributed by atoms with Gasteiger partial charge in [-0.2, -0.15) is 0 Å². The lowest BCUT2D eigenvalue weighted by molar-refractivity contribution is -0.147. The molecule has 7 nitrogen and oxygen atoms in total. The fraction of sp³-hybridized carbons (Fsp3) is 0.238. The van der Waals surface area contributed by atoms with Crippen LogP contribution in [0, 0.1) is 13.8 Å². The Morgan fingerprint density at radius 3 is 2.14 bits per heavy atom. The molecule has 29 heavy (non-hydrogen) atoms. The van der Waals surface area contributed by atoms with Gasteiger partial charge in [0.2, 0.25) is 0 Å². The van der Waals surface area contributed by atoms with E-state index in [0.717, 1.165) is 20.5 Å². The van der Waals surface area contributed by atoms with E-state index >= 15 is 0 Å². The fourth-order valence-electron chi connectivity index (χ4n) is 3.08. The number of ether oxygens (including phenoxy) is 1. The molecular weight excluding hydrogens is 440 g/mol. The van der Waals surface area contributed by atoms with Gasteiger partial charge in [0.05, 0.1) is 17.5 Å². The molecule has 0 fully saturated rings. The molecule has 0 aliphatic carbocycles. The number of halogens is 1. The van der Waals surface area contributed by atoms with E-state index in [1.165, 1.54) is 0 Å². The molecule has 1 aliphatic heterocycles. The first-order valence-electron chi connectivity index (χ1n) is 8.95. The van der Waals surface area contributed by atoms with Crippen molar-refractivity contribution in [2.75, 3.05) is 18.5 Å². The maximum Gasteiger partial charge on any atom is 0.308 e. The van der Waals surface area contributed by atoms with Crippen molar-refractivity contribution in [3.05, 3.63) is 63.1 Å². The van der Waals surface area contributed by atoms with Gasteiger partial charge in [0.25, 0.3) is 17.7 Å². The van der Waals surface area contributed by atoms with E-state index in [1.54, 1.807) is 36.4 Å². The van der Waals surface area contributed by atoms with E-state index in [0.29, 0.717) is 16.8 Å². The van der Waals surface area contributed by atoms with Crippen LogP contribution >= 0.6 is 15.9 Å². The van der Waals surface area contributed by atoms with E-state index in [2.05, 4.69) is 21.2 Å². The average molecular weight is 459 g/mol. The van der Waals surface area contributed by atoms with Crippen LogP contribution in [0.4, 0.5) is 5.69 Å². The lowest BCUT2D eigenvalue weighted by Crippen LogP contribution is -2.32. The van der Waals surface area contributed by atoms with Gasteiger partial charge in [-0.3, -0.25) is 24.1 Å². The SMILES string of the molecule is Cc1cc(NC(=O)COC(=O)CCN2C(=O)c3ccccc3C2=O)cc(C)c1Br. The number of imide groups is 1. The molecule has 8 heteroatoms. The van der Waals surface area contributed by atoms with Crippen LogP contribution in [-0.4, -0.2) is 41.7 Å². The molecule has 0 spiro atoms. The number of benzene rings is 2. The molecule has 3 amide bonds. The van der Waals surface area contributed by atoms with Crippen molar-refractivity contribution in [3.8, 4) is 0 Å². The predicted octanol–water partition coefficient (Wildman–Crippen LogP) is 3.23. The summed E-state index contributed by atoms with van der Waals surface area (Å²) < 4.78 is 5.93. The Morgan fingerprint density at radius 2 is 1.59 bits per heavy atom. The zero-order chi connectivity index (χ0) is 21.1.